The summed E-state index contributed by atoms with van der Waals surface area (Å²) in [6.07, 6.45) is 3.54. The smallest absolute Gasteiger partial charge is 0.231 e. The fourth-order valence-electron chi connectivity index (χ4n) is 1.67. The van der Waals surface area contributed by atoms with E-state index in [1.165, 1.54) is 0 Å². The van der Waals surface area contributed by atoms with Gasteiger partial charge >= 0.3 is 0 Å². The highest BCUT2D eigenvalue weighted by Gasteiger charge is 2.19. The standard InChI is InChI=1S/C12H14ClNO2.ClH/c1-2-3-4-10(14)8-5-11-12(6-9(8)13)16-7-15-11;/h2,5-6,10H,1,3-4,7,14H2;1H/t10-;/m1./s1. The van der Waals surface area contributed by atoms with Gasteiger partial charge in [0.1, 0.15) is 0 Å². The van der Waals surface area contributed by atoms with Crippen LogP contribution in [0.3, 0.4) is 0 Å². The maximum atomic E-state index is 6.14. The van der Waals surface area contributed by atoms with Gasteiger partial charge in [-0.15, -0.1) is 19.0 Å². The summed E-state index contributed by atoms with van der Waals surface area (Å²) >= 11 is 6.14. The largest absolute Gasteiger partial charge is 0.454 e. The fraction of sp³-hybridized carbons (Fsp3) is 0.333. The number of halogens is 2. The first kappa shape index (κ1) is 14.2. The molecule has 1 heterocycles. The zero-order valence-electron chi connectivity index (χ0n) is 9.32. The minimum absolute atomic E-state index is 0. The molecule has 1 aliphatic heterocycles. The van der Waals surface area contributed by atoms with Crippen molar-refractivity contribution < 1.29 is 9.47 Å². The Balaban J connectivity index is 0.00000144. The maximum Gasteiger partial charge on any atom is 0.231 e. The summed E-state index contributed by atoms with van der Waals surface area (Å²) in [4.78, 5) is 0. The molecule has 0 spiro atoms. The Labute approximate surface area is 112 Å². The van der Waals surface area contributed by atoms with E-state index in [0.29, 0.717) is 16.5 Å². The van der Waals surface area contributed by atoms with E-state index in [1.54, 1.807) is 6.07 Å². The van der Waals surface area contributed by atoms with E-state index in [9.17, 15) is 0 Å². The first-order chi connectivity index (χ1) is 7.72. The minimum atomic E-state index is -0.0972. The molecule has 0 saturated carbocycles. The van der Waals surface area contributed by atoms with Gasteiger partial charge < -0.3 is 15.2 Å². The molecule has 0 bridgehead atoms. The molecule has 0 saturated heterocycles. The number of allylic oxidation sites excluding steroid dienone is 1. The first-order valence-corrected chi connectivity index (χ1v) is 5.55. The van der Waals surface area contributed by atoms with Crippen molar-refractivity contribution in [2.75, 3.05) is 6.79 Å². The lowest BCUT2D eigenvalue weighted by Crippen LogP contribution is -2.10. The van der Waals surface area contributed by atoms with Crippen LogP contribution in [0.4, 0.5) is 0 Å². The van der Waals surface area contributed by atoms with Crippen LogP contribution < -0.4 is 15.2 Å². The van der Waals surface area contributed by atoms with E-state index < -0.39 is 0 Å². The number of hydrogen-bond acceptors (Lipinski definition) is 3. The third-order valence-corrected chi connectivity index (χ3v) is 2.90. The molecular weight excluding hydrogens is 261 g/mol. The second-order valence-corrected chi connectivity index (χ2v) is 4.11. The lowest BCUT2D eigenvalue weighted by Gasteiger charge is -2.13. The molecule has 0 unspecified atom stereocenters. The molecule has 0 aliphatic carbocycles. The van der Waals surface area contributed by atoms with Gasteiger partial charge in [0.2, 0.25) is 6.79 Å². The molecular formula is C12H15Cl2NO2. The van der Waals surface area contributed by atoms with Gasteiger partial charge in [0, 0.05) is 17.1 Å². The SMILES string of the molecule is C=CCC[C@@H](N)c1cc2c(cc1Cl)OCO2.Cl. The van der Waals surface area contributed by atoms with Crippen LogP contribution in [0, 0.1) is 0 Å². The van der Waals surface area contributed by atoms with Gasteiger partial charge in [-0.25, -0.2) is 0 Å². The summed E-state index contributed by atoms with van der Waals surface area (Å²) < 4.78 is 10.5. The predicted octanol–water partition coefficient (Wildman–Crippen LogP) is 3.46. The summed E-state index contributed by atoms with van der Waals surface area (Å²) in [6.45, 7) is 3.92. The molecule has 3 nitrogen and oxygen atoms in total. The van der Waals surface area contributed by atoms with Gasteiger partial charge in [-0.2, -0.15) is 0 Å². The van der Waals surface area contributed by atoms with Crippen LogP contribution in [0.15, 0.2) is 24.8 Å². The summed E-state index contributed by atoms with van der Waals surface area (Å²) in [6, 6.07) is 3.52. The van der Waals surface area contributed by atoms with Crippen molar-refractivity contribution in [1.29, 1.82) is 0 Å². The van der Waals surface area contributed by atoms with Gasteiger partial charge in [0.15, 0.2) is 11.5 Å². The van der Waals surface area contributed by atoms with Gasteiger partial charge in [0.05, 0.1) is 0 Å². The highest BCUT2D eigenvalue weighted by molar-refractivity contribution is 6.31. The minimum Gasteiger partial charge on any atom is -0.454 e. The number of benzene rings is 1. The summed E-state index contributed by atoms with van der Waals surface area (Å²) in [5, 5.41) is 0.626. The Morgan fingerprint density at radius 1 is 1.41 bits per heavy atom. The topological polar surface area (TPSA) is 44.5 Å². The van der Waals surface area contributed by atoms with Crippen LogP contribution >= 0.6 is 24.0 Å². The highest BCUT2D eigenvalue weighted by atomic mass is 35.5. The summed E-state index contributed by atoms with van der Waals surface area (Å²) in [5.41, 5.74) is 6.94. The van der Waals surface area contributed by atoms with Crippen LogP contribution in [0.2, 0.25) is 5.02 Å². The fourth-order valence-corrected chi connectivity index (χ4v) is 1.96. The Morgan fingerprint density at radius 3 is 2.71 bits per heavy atom. The molecule has 0 amide bonds. The zero-order chi connectivity index (χ0) is 11.5. The molecule has 17 heavy (non-hydrogen) atoms. The highest BCUT2D eigenvalue weighted by Crippen LogP contribution is 2.39. The molecule has 0 fully saturated rings. The Morgan fingerprint density at radius 2 is 2.06 bits per heavy atom. The van der Waals surface area contributed by atoms with E-state index >= 15 is 0 Å². The maximum absolute atomic E-state index is 6.14. The van der Waals surface area contributed by atoms with Crippen molar-refractivity contribution in [1.82, 2.24) is 0 Å². The lowest BCUT2D eigenvalue weighted by molar-refractivity contribution is 0.174. The molecule has 2 rings (SSSR count). The van der Waals surface area contributed by atoms with Gasteiger partial charge in [-0.1, -0.05) is 17.7 Å². The first-order valence-electron chi connectivity index (χ1n) is 5.18. The van der Waals surface area contributed by atoms with Crippen LogP contribution in [-0.4, -0.2) is 6.79 Å². The molecule has 1 aromatic carbocycles. The van der Waals surface area contributed by atoms with Crippen LogP contribution in [0.5, 0.6) is 11.5 Å². The second-order valence-electron chi connectivity index (χ2n) is 3.70. The third kappa shape index (κ3) is 3.06. The number of hydrogen-bond donors (Lipinski definition) is 1. The number of nitrogens with two attached hydrogens (primary N) is 1. The molecule has 94 valence electrons. The quantitative estimate of drug-likeness (QED) is 0.856. The Bertz CT molecular complexity index is 410. The Hall–Kier alpha value is -0.900. The van der Waals surface area contributed by atoms with E-state index in [4.69, 9.17) is 26.8 Å². The molecule has 5 heteroatoms. The van der Waals surface area contributed by atoms with Crippen molar-refractivity contribution in [3.63, 3.8) is 0 Å². The van der Waals surface area contributed by atoms with E-state index in [2.05, 4.69) is 6.58 Å². The Kier molecular flexibility index (Phi) is 5.12. The molecule has 0 aromatic heterocycles. The molecule has 1 atom stereocenters. The van der Waals surface area contributed by atoms with Crippen LogP contribution in [0.1, 0.15) is 24.4 Å². The number of ether oxygens (including phenoxy) is 2. The molecule has 0 radical (unpaired) electrons. The normalized spacial score (nSPS) is 14.0. The van der Waals surface area contributed by atoms with E-state index in [-0.39, 0.29) is 25.2 Å². The monoisotopic (exact) mass is 275 g/mol. The lowest BCUT2D eigenvalue weighted by atomic mass is 10.0. The summed E-state index contributed by atoms with van der Waals surface area (Å²) in [5.74, 6) is 1.40. The van der Waals surface area contributed by atoms with Crippen molar-refractivity contribution in [3.05, 3.63) is 35.4 Å². The van der Waals surface area contributed by atoms with Crippen LogP contribution in [0.25, 0.3) is 0 Å². The average molecular weight is 276 g/mol. The molecule has 2 N–H and O–H groups in total. The second kappa shape index (κ2) is 6.15. The van der Waals surface area contributed by atoms with Crippen molar-refractivity contribution in [2.24, 2.45) is 5.73 Å². The van der Waals surface area contributed by atoms with Gasteiger partial charge in [-0.3, -0.25) is 0 Å². The third-order valence-electron chi connectivity index (χ3n) is 2.57. The van der Waals surface area contributed by atoms with Crippen molar-refractivity contribution in [2.45, 2.75) is 18.9 Å². The van der Waals surface area contributed by atoms with E-state index in [0.717, 1.165) is 18.4 Å². The molecule has 1 aliphatic rings. The van der Waals surface area contributed by atoms with E-state index in [1.807, 2.05) is 12.1 Å². The average Bonchev–Trinajstić information content (AvgIpc) is 2.71. The number of rotatable bonds is 4. The zero-order valence-corrected chi connectivity index (χ0v) is 10.9. The summed E-state index contributed by atoms with van der Waals surface area (Å²) in [7, 11) is 0. The number of fused-ring (bicyclic) bond motifs is 1. The molecule has 1 aromatic rings. The predicted molar refractivity (Wildman–Crippen MR) is 71.2 cm³/mol. The van der Waals surface area contributed by atoms with Gasteiger partial charge in [-0.05, 0) is 24.5 Å². The van der Waals surface area contributed by atoms with Crippen molar-refractivity contribution >= 4 is 24.0 Å². The van der Waals surface area contributed by atoms with Crippen molar-refractivity contribution in [3.8, 4) is 11.5 Å². The van der Waals surface area contributed by atoms with Gasteiger partial charge in [0.25, 0.3) is 0 Å². The van der Waals surface area contributed by atoms with Crippen LogP contribution in [-0.2, 0) is 0 Å².